The van der Waals surface area contributed by atoms with Crippen molar-refractivity contribution in [1.29, 1.82) is 0 Å². The molecule has 1 atom stereocenters. The quantitative estimate of drug-likeness (QED) is 0.746. The van der Waals surface area contributed by atoms with Crippen LogP contribution in [-0.4, -0.2) is 29.6 Å². The minimum atomic E-state index is -1.24. The van der Waals surface area contributed by atoms with E-state index in [0.29, 0.717) is 0 Å². The number of carbonyl (C=O) groups is 2. The number of hydrogen-bond donors (Lipinski definition) is 2. The van der Waals surface area contributed by atoms with Gasteiger partial charge in [0.1, 0.15) is 6.04 Å². The number of terminal acetylenes is 1. The maximum Gasteiger partial charge on any atom is 0.327 e. The van der Waals surface area contributed by atoms with Gasteiger partial charge in [-0.2, -0.15) is 0 Å². The zero-order valence-electron chi connectivity index (χ0n) is 9.93. The van der Waals surface area contributed by atoms with Crippen molar-refractivity contribution in [3.8, 4) is 18.1 Å². The minimum Gasteiger partial charge on any atom is -0.481 e. The molecule has 0 aliphatic carbocycles. The second kappa shape index (κ2) is 7.01. The first-order valence-electron chi connectivity index (χ1n) is 5.37. The van der Waals surface area contributed by atoms with Gasteiger partial charge in [-0.3, -0.25) is 4.79 Å². The molecule has 0 aliphatic rings. The highest BCUT2D eigenvalue weighted by atomic mass is 19.1. The van der Waals surface area contributed by atoms with E-state index < -0.39 is 30.3 Å². The van der Waals surface area contributed by atoms with Crippen molar-refractivity contribution >= 4 is 11.9 Å². The summed E-state index contributed by atoms with van der Waals surface area (Å²) >= 11 is 0. The van der Waals surface area contributed by atoms with Gasteiger partial charge in [0.2, 0.25) is 0 Å². The third-order valence-electron chi connectivity index (χ3n) is 2.15. The van der Waals surface area contributed by atoms with Gasteiger partial charge < -0.3 is 15.2 Å². The lowest BCUT2D eigenvalue weighted by molar-refractivity contribution is -0.141. The topological polar surface area (TPSA) is 75.6 Å². The Morgan fingerprint density at radius 1 is 1.47 bits per heavy atom. The number of para-hydroxylation sites is 1. The normalized spacial score (nSPS) is 11.2. The summed E-state index contributed by atoms with van der Waals surface area (Å²) in [5, 5.41) is 11.0. The van der Waals surface area contributed by atoms with Crippen LogP contribution in [0.2, 0.25) is 0 Å². The van der Waals surface area contributed by atoms with Gasteiger partial charge in [-0.25, -0.2) is 9.18 Å². The van der Waals surface area contributed by atoms with Crippen LogP contribution >= 0.6 is 0 Å². The zero-order valence-corrected chi connectivity index (χ0v) is 9.93. The van der Waals surface area contributed by atoms with Crippen LogP contribution in [0.5, 0.6) is 5.75 Å². The van der Waals surface area contributed by atoms with Crippen molar-refractivity contribution < 1.29 is 23.8 Å². The molecular formula is C13H12FNO4. The van der Waals surface area contributed by atoms with Gasteiger partial charge in [0.15, 0.2) is 18.2 Å². The van der Waals surface area contributed by atoms with Gasteiger partial charge in [-0.15, -0.1) is 12.3 Å². The molecule has 1 aromatic rings. The van der Waals surface area contributed by atoms with Crippen LogP contribution in [0, 0.1) is 18.2 Å². The van der Waals surface area contributed by atoms with Gasteiger partial charge in [0.05, 0.1) is 0 Å². The average Bonchev–Trinajstić information content (AvgIpc) is 2.37. The third kappa shape index (κ3) is 4.68. The number of carbonyl (C=O) groups excluding carboxylic acids is 1. The highest BCUT2D eigenvalue weighted by Gasteiger charge is 2.19. The van der Waals surface area contributed by atoms with E-state index >= 15 is 0 Å². The first kappa shape index (κ1) is 14.5. The Kier molecular flexibility index (Phi) is 5.35. The predicted octanol–water partition coefficient (Wildman–Crippen LogP) is 0.797. The molecule has 1 amide bonds. The number of hydrogen-bond acceptors (Lipinski definition) is 3. The summed E-state index contributed by atoms with van der Waals surface area (Å²) in [6, 6.07) is 4.40. The molecule has 0 aromatic heterocycles. The average molecular weight is 265 g/mol. The standard InChI is InChI=1S/C13H12FNO4/c1-2-5-10(13(17)18)15-12(16)8-19-11-7-4-3-6-9(11)14/h1,3-4,6-7,10H,5,8H2,(H,15,16)(H,17,18). The second-order valence-corrected chi connectivity index (χ2v) is 3.59. The molecule has 0 saturated heterocycles. The Morgan fingerprint density at radius 2 is 2.16 bits per heavy atom. The Bertz CT molecular complexity index is 510. The molecule has 1 aromatic carbocycles. The minimum absolute atomic E-state index is 0.0820. The number of rotatable bonds is 6. The van der Waals surface area contributed by atoms with E-state index in [1.54, 1.807) is 6.07 Å². The molecule has 2 N–H and O–H groups in total. The van der Waals surface area contributed by atoms with Crippen molar-refractivity contribution in [3.05, 3.63) is 30.1 Å². The molecule has 1 rings (SSSR count). The smallest absolute Gasteiger partial charge is 0.327 e. The fourth-order valence-electron chi connectivity index (χ4n) is 1.26. The Balaban J connectivity index is 2.50. The van der Waals surface area contributed by atoms with E-state index in [1.807, 2.05) is 0 Å². The van der Waals surface area contributed by atoms with E-state index in [4.69, 9.17) is 16.3 Å². The zero-order chi connectivity index (χ0) is 14.3. The molecule has 0 radical (unpaired) electrons. The molecule has 0 aliphatic heterocycles. The molecule has 0 heterocycles. The summed E-state index contributed by atoms with van der Waals surface area (Å²) in [6.45, 7) is -0.491. The van der Waals surface area contributed by atoms with E-state index in [9.17, 15) is 14.0 Å². The van der Waals surface area contributed by atoms with E-state index in [-0.39, 0.29) is 12.2 Å². The highest BCUT2D eigenvalue weighted by molar-refractivity contribution is 5.84. The number of benzene rings is 1. The first-order valence-corrected chi connectivity index (χ1v) is 5.37. The monoisotopic (exact) mass is 265 g/mol. The summed E-state index contributed by atoms with van der Waals surface area (Å²) in [7, 11) is 0. The molecule has 0 fully saturated rings. The summed E-state index contributed by atoms with van der Waals surface area (Å²) in [5.41, 5.74) is 0. The second-order valence-electron chi connectivity index (χ2n) is 3.59. The van der Waals surface area contributed by atoms with Crippen LogP contribution in [0.4, 0.5) is 4.39 Å². The van der Waals surface area contributed by atoms with E-state index in [0.717, 1.165) is 0 Å². The molecule has 100 valence electrons. The van der Waals surface area contributed by atoms with Crippen LogP contribution in [0.25, 0.3) is 0 Å². The number of carboxylic acids is 1. The lowest BCUT2D eigenvalue weighted by Crippen LogP contribution is -2.42. The van der Waals surface area contributed by atoms with Crippen LogP contribution in [0.1, 0.15) is 6.42 Å². The maximum absolute atomic E-state index is 13.2. The van der Waals surface area contributed by atoms with Gasteiger partial charge in [-0.1, -0.05) is 12.1 Å². The van der Waals surface area contributed by atoms with E-state index in [1.165, 1.54) is 18.2 Å². The van der Waals surface area contributed by atoms with Crippen molar-refractivity contribution in [3.63, 3.8) is 0 Å². The Morgan fingerprint density at radius 3 is 2.74 bits per heavy atom. The van der Waals surface area contributed by atoms with Crippen molar-refractivity contribution in [2.24, 2.45) is 0 Å². The summed E-state index contributed by atoms with van der Waals surface area (Å²) in [4.78, 5) is 22.2. The van der Waals surface area contributed by atoms with Crippen LogP contribution in [-0.2, 0) is 9.59 Å². The molecule has 6 heteroatoms. The number of amides is 1. The lowest BCUT2D eigenvalue weighted by atomic mass is 10.2. The molecule has 0 saturated carbocycles. The molecule has 1 unspecified atom stereocenters. The maximum atomic E-state index is 13.2. The fourth-order valence-corrected chi connectivity index (χ4v) is 1.26. The number of carboxylic acid groups (broad SMARTS) is 1. The van der Waals surface area contributed by atoms with Crippen LogP contribution in [0.15, 0.2) is 24.3 Å². The molecular weight excluding hydrogens is 253 g/mol. The highest BCUT2D eigenvalue weighted by Crippen LogP contribution is 2.14. The van der Waals surface area contributed by atoms with Crippen LogP contribution in [0.3, 0.4) is 0 Å². The SMILES string of the molecule is C#CCC(NC(=O)COc1ccccc1F)C(=O)O. The molecule has 0 bridgehead atoms. The molecule has 5 nitrogen and oxygen atoms in total. The van der Waals surface area contributed by atoms with Gasteiger partial charge in [0.25, 0.3) is 5.91 Å². The lowest BCUT2D eigenvalue weighted by Gasteiger charge is -2.12. The predicted molar refractivity (Wildman–Crippen MR) is 64.9 cm³/mol. The van der Waals surface area contributed by atoms with Gasteiger partial charge in [-0.05, 0) is 12.1 Å². The number of aliphatic carboxylic acids is 1. The number of ether oxygens (including phenoxy) is 1. The first-order chi connectivity index (χ1) is 9.04. The van der Waals surface area contributed by atoms with Crippen molar-refractivity contribution in [1.82, 2.24) is 5.32 Å². The Hall–Kier alpha value is -2.55. The largest absolute Gasteiger partial charge is 0.481 e. The summed E-state index contributed by atoms with van der Waals surface area (Å²) < 4.78 is 18.1. The fraction of sp³-hybridized carbons (Fsp3) is 0.231. The van der Waals surface area contributed by atoms with Gasteiger partial charge >= 0.3 is 5.97 Å². The van der Waals surface area contributed by atoms with Crippen molar-refractivity contribution in [2.75, 3.05) is 6.61 Å². The summed E-state index contributed by atoms with van der Waals surface area (Å²) in [5.74, 6) is -0.472. The van der Waals surface area contributed by atoms with E-state index in [2.05, 4.69) is 11.2 Å². The molecule has 19 heavy (non-hydrogen) atoms. The van der Waals surface area contributed by atoms with Gasteiger partial charge in [0, 0.05) is 6.42 Å². The van der Waals surface area contributed by atoms with Crippen molar-refractivity contribution in [2.45, 2.75) is 12.5 Å². The Labute approximate surface area is 109 Å². The number of nitrogens with one attached hydrogen (secondary N) is 1. The summed E-state index contributed by atoms with van der Waals surface area (Å²) in [6.07, 6.45) is 4.84. The number of halogens is 1. The third-order valence-corrected chi connectivity index (χ3v) is 2.15. The molecule has 0 spiro atoms. The van der Waals surface area contributed by atoms with Crippen LogP contribution < -0.4 is 10.1 Å².